The fourth-order valence-corrected chi connectivity index (χ4v) is 3.21. The molecule has 0 spiro atoms. The lowest BCUT2D eigenvalue weighted by molar-refractivity contribution is 0.485. The van der Waals surface area contributed by atoms with Gasteiger partial charge in [0.2, 0.25) is 5.95 Å². The van der Waals surface area contributed by atoms with Crippen LogP contribution in [-0.2, 0) is 10.1 Å². The number of hydrogen-bond donors (Lipinski definition) is 1. The average Bonchev–Trinajstić information content (AvgIpc) is 2.91. The van der Waals surface area contributed by atoms with Crippen LogP contribution in [0.5, 0.6) is 5.75 Å². The minimum absolute atomic E-state index is 0.0873. The molecular formula is C18H18N4O3S. The molecule has 0 saturated carbocycles. The van der Waals surface area contributed by atoms with Crippen molar-refractivity contribution in [2.45, 2.75) is 18.7 Å². The van der Waals surface area contributed by atoms with Gasteiger partial charge in [-0.2, -0.15) is 13.5 Å². The topological polar surface area (TPSA) is 99.6 Å². The Bertz CT molecular complexity index is 1050. The molecule has 2 aromatic carbocycles. The van der Waals surface area contributed by atoms with Crippen molar-refractivity contribution in [3.63, 3.8) is 0 Å². The van der Waals surface area contributed by atoms with Gasteiger partial charge in [0, 0.05) is 5.56 Å². The van der Waals surface area contributed by atoms with E-state index in [1.807, 2.05) is 6.92 Å². The molecule has 0 aliphatic carbocycles. The van der Waals surface area contributed by atoms with E-state index in [0.717, 1.165) is 11.3 Å². The van der Waals surface area contributed by atoms with Crippen molar-refractivity contribution in [3.05, 3.63) is 71.5 Å². The van der Waals surface area contributed by atoms with Gasteiger partial charge in [-0.1, -0.05) is 29.8 Å². The standard InChI is InChI=1S/C18H18N4O3S/c1-13-7-9-16(10-8-13)26(23,24)25-17-6-4-3-5-15(17)11-20-22-12-14(2)21-18(22)19/h3-12H,1-2H3,(H2,19,21). The number of nitrogen functional groups attached to an aromatic ring is 1. The summed E-state index contributed by atoms with van der Waals surface area (Å²) in [6.07, 6.45) is 3.13. The van der Waals surface area contributed by atoms with E-state index in [1.54, 1.807) is 49.5 Å². The van der Waals surface area contributed by atoms with Gasteiger partial charge in [0.05, 0.1) is 18.1 Å². The van der Waals surface area contributed by atoms with Crippen molar-refractivity contribution in [2.24, 2.45) is 5.10 Å². The molecule has 3 aromatic rings. The second kappa shape index (κ2) is 7.01. The predicted octanol–water partition coefficient (Wildman–Crippen LogP) is 2.73. The highest BCUT2D eigenvalue weighted by Crippen LogP contribution is 2.22. The third kappa shape index (κ3) is 3.92. The smallest absolute Gasteiger partial charge is 0.339 e. The van der Waals surface area contributed by atoms with Gasteiger partial charge in [-0.3, -0.25) is 0 Å². The van der Waals surface area contributed by atoms with Gasteiger partial charge in [-0.05, 0) is 38.1 Å². The molecule has 0 radical (unpaired) electrons. The van der Waals surface area contributed by atoms with Gasteiger partial charge in [0.25, 0.3) is 0 Å². The van der Waals surface area contributed by atoms with Crippen molar-refractivity contribution in [2.75, 3.05) is 5.73 Å². The number of benzene rings is 2. The molecule has 3 rings (SSSR count). The molecule has 0 amide bonds. The number of para-hydroxylation sites is 1. The van der Waals surface area contributed by atoms with Crippen LogP contribution >= 0.6 is 0 Å². The number of nitrogens with zero attached hydrogens (tertiary/aromatic N) is 3. The first-order chi connectivity index (χ1) is 12.3. The van der Waals surface area contributed by atoms with E-state index in [-0.39, 0.29) is 16.6 Å². The summed E-state index contributed by atoms with van der Waals surface area (Å²) in [5.74, 6) is 0.414. The van der Waals surface area contributed by atoms with Crippen LogP contribution < -0.4 is 9.92 Å². The zero-order valence-corrected chi connectivity index (χ0v) is 15.1. The highest BCUT2D eigenvalue weighted by atomic mass is 32.2. The van der Waals surface area contributed by atoms with Gasteiger partial charge in [-0.25, -0.2) is 9.66 Å². The van der Waals surface area contributed by atoms with Crippen molar-refractivity contribution >= 4 is 22.3 Å². The summed E-state index contributed by atoms with van der Waals surface area (Å²) in [6.45, 7) is 3.68. The van der Waals surface area contributed by atoms with E-state index in [2.05, 4.69) is 10.1 Å². The largest absolute Gasteiger partial charge is 0.378 e. The van der Waals surface area contributed by atoms with Crippen LogP contribution in [0.15, 0.2) is 64.7 Å². The summed E-state index contributed by atoms with van der Waals surface area (Å²) in [5.41, 5.74) is 7.93. The molecule has 1 heterocycles. The Balaban J connectivity index is 1.90. The van der Waals surface area contributed by atoms with E-state index in [4.69, 9.17) is 9.92 Å². The molecular weight excluding hydrogens is 352 g/mol. The predicted molar refractivity (Wildman–Crippen MR) is 99.8 cm³/mol. The monoisotopic (exact) mass is 370 g/mol. The third-order valence-corrected chi connectivity index (χ3v) is 4.83. The summed E-state index contributed by atoms with van der Waals surface area (Å²) in [7, 11) is -3.95. The maximum atomic E-state index is 12.5. The molecule has 0 aliphatic heterocycles. The highest BCUT2D eigenvalue weighted by molar-refractivity contribution is 7.87. The Hall–Kier alpha value is -3.13. The average molecular weight is 370 g/mol. The van der Waals surface area contributed by atoms with Crippen molar-refractivity contribution < 1.29 is 12.6 Å². The molecule has 0 unspecified atom stereocenters. The quantitative estimate of drug-likeness (QED) is 0.550. The number of rotatable bonds is 5. The Morgan fingerprint density at radius 2 is 1.81 bits per heavy atom. The van der Waals surface area contributed by atoms with Crippen LogP contribution in [0.25, 0.3) is 0 Å². The molecule has 26 heavy (non-hydrogen) atoms. The van der Waals surface area contributed by atoms with Crippen LogP contribution in [-0.4, -0.2) is 24.3 Å². The molecule has 0 atom stereocenters. The molecule has 8 heteroatoms. The zero-order chi connectivity index (χ0) is 18.7. The van der Waals surface area contributed by atoms with Crippen LogP contribution in [0.1, 0.15) is 16.8 Å². The zero-order valence-electron chi connectivity index (χ0n) is 14.3. The molecule has 0 aliphatic rings. The first-order valence-electron chi connectivity index (χ1n) is 7.81. The summed E-state index contributed by atoms with van der Waals surface area (Å²) in [6, 6.07) is 13.2. The van der Waals surface area contributed by atoms with E-state index >= 15 is 0 Å². The highest BCUT2D eigenvalue weighted by Gasteiger charge is 2.17. The second-order valence-electron chi connectivity index (χ2n) is 5.72. The Labute approximate surface area is 151 Å². The SMILES string of the molecule is Cc1ccc(S(=O)(=O)Oc2ccccc2C=Nn2cc(C)nc2N)cc1. The van der Waals surface area contributed by atoms with Crippen molar-refractivity contribution in [1.29, 1.82) is 0 Å². The maximum absolute atomic E-state index is 12.5. The molecule has 0 saturated heterocycles. The van der Waals surface area contributed by atoms with Crippen LogP contribution in [0.4, 0.5) is 5.95 Å². The number of aryl methyl sites for hydroxylation is 2. The number of aromatic nitrogens is 2. The fourth-order valence-electron chi connectivity index (χ4n) is 2.26. The molecule has 134 valence electrons. The van der Waals surface area contributed by atoms with Crippen LogP contribution in [0.2, 0.25) is 0 Å². The lowest BCUT2D eigenvalue weighted by Crippen LogP contribution is -2.11. The minimum Gasteiger partial charge on any atom is -0.378 e. The van der Waals surface area contributed by atoms with E-state index in [9.17, 15) is 8.42 Å². The number of imidazole rings is 1. The van der Waals surface area contributed by atoms with Crippen molar-refractivity contribution in [3.8, 4) is 5.75 Å². The number of anilines is 1. The van der Waals surface area contributed by atoms with E-state index in [1.165, 1.54) is 23.0 Å². The van der Waals surface area contributed by atoms with Gasteiger partial charge in [0.1, 0.15) is 4.90 Å². The molecule has 1 aromatic heterocycles. The lowest BCUT2D eigenvalue weighted by atomic mass is 10.2. The summed E-state index contributed by atoms with van der Waals surface area (Å²) < 4.78 is 31.7. The third-order valence-electron chi connectivity index (χ3n) is 3.58. The number of nitrogens with two attached hydrogens (primary N) is 1. The lowest BCUT2D eigenvalue weighted by Gasteiger charge is -2.09. The van der Waals surface area contributed by atoms with Crippen LogP contribution in [0.3, 0.4) is 0 Å². The molecule has 2 N–H and O–H groups in total. The molecule has 0 bridgehead atoms. The van der Waals surface area contributed by atoms with Crippen molar-refractivity contribution in [1.82, 2.24) is 9.66 Å². The van der Waals surface area contributed by atoms with Gasteiger partial charge in [-0.15, -0.1) is 0 Å². The maximum Gasteiger partial charge on any atom is 0.339 e. The summed E-state index contributed by atoms with van der Waals surface area (Å²) >= 11 is 0. The second-order valence-corrected chi connectivity index (χ2v) is 7.26. The normalized spacial score (nSPS) is 11.8. The Morgan fingerprint density at radius 3 is 2.46 bits per heavy atom. The van der Waals surface area contributed by atoms with Gasteiger partial charge in [0.15, 0.2) is 5.75 Å². The van der Waals surface area contributed by atoms with E-state index < -0.39 is 10.1 Å². The fraction of sp³-hybridized carbons (Fsp3) is 0.111. The molecule has 7 nitrogen and oxygen atoms in total. The molecule has 0 fully saturated rings. The van der Waals surface area contributed by atoms with Crippen LogP contribution in [0, 0.1) is 13.8 Å². The Kier molecular flexibility index (Phi) is 4.77. The minimum atomic E-state index is -3.95. The Morgan fingerprint density at radius 1 is 1.12 bits per heavy atom. The first-order valence-corrected chi connectivity index (χ1v) is 9.22. The first kappa shape index (κ1) is 17.7. The van der Waals surface area contributed by atoms with E-state index in [0.29, 0.717) is 5.56 Å². The van der Waals surface area contributed by atoms with Gasteiger partial charge >= 0.3 is 10.1 Å². The summed E-state index contributed by atoms with van der Waals surface area (Å²) in [4.78, 5) is 4.14. The van der Waals surface area contributed by atoms with Gasteiger partial charge < -0.3 is 9.92 Å². The summed E-state index contributed by atoms with van der Waals surface area (Å²) in [5, 5.41) is 4.20. The number of hydrogen-bond acceptors (Lipinski definition) is 6.